The van der Waals surface area contributed by atoms with E-state index in [1.165, 1.54) is 12.8 Å². The van der Waals surface area contributed by atoms with Gasteiger partial charge in [-0.25, -0.2) is 4.98 Å². The number of nitrogens with one attached hydrogen (secondary N) is 1. The van der Waals surface area contributed by atoms with Gasteiger partial charge in [-0.15, -0.1) is 10.2 Å². The normalized spacial score (nSPS) is 18.0. The van der Waals surface area contributed by atoms with E-state index in [9.17, 15) is 0 Å². The van der Waals surface area contributed by atoms with E-state index in [0.717, 1.165) is 31.3 Å². The Labute approximate surface area is 93.9 Å². The van der Waals surface area contributed by atoms with Crippen LogP contribution in [0.15, 0.2) is 18.5 Å². The minimum absolute atomic E-state index is 0.700. The van der Waals surface area contributed by atoms with Crippen LogP contribution in [0.25, 0.3) is 5.78 Å². The Morgan fingerprint density at radius 2 is 2.19 bits per heavy atom. The maximum Gasteiger partial charge on any atom is 0.254 e. The molecule has 0 atom stereocenters. The maximum absolute atomic E-state index is 4.22. The van der Waals surface area contributed by atoms with E-state index in [-0.39, 0.29) is 0 Å². The standard InChI is InChI=1S/C11H15N5/c1-4-13-11-15-14-10(16(11)7-1)8-9-2-5-12-6-3-9/h1,4,7,9,12H,2-3,5-6,8H2. The second-order valence-electron chi connectivity index (χ2n) is 4.30. The molecule has 84 valence electrons. The molecule has 1 aliphatic heterocycles. The topological polar surface area (TPSA) is 55.1 Å². The zero-order valence-electron chi connectivity index (χ0n) is 9.13. The van der Waals surface area contributed by atoms with Gasteiger partial charge in [0, 0.05) is 18.8 Å². The highest BCUT2D eigenvalue weighted by atomic mass is 15.3. The number of nitrogens with zero attached hydrogens (tertiary/aromatic N) is 4. The minimum atomic E-state index is 0.700. The van der Waals surface area contributed by atoms with Gasteiger partial charge in [0.1, 0.15) is 5.82 Å². The van der Waals surface area contributed by atoms with Crippen LogP contribution in [-0.4, -0.2) is 32.7 Å². The predicted octanol–water partition coefficient (Wildman–Crippen LogP) is 0.666. The monoisotopic (exact) mass is 217 g/mol. The van der Waals surface area contributed by atoms with Crippen LogP contribution in [0.3, 0.4) is 0 Å². The Hall–Kier alpha value is -1.49. The molecule has 1 saturated heterocycles. The van der Waals surface area contributed by atoms with E-state index in [4.69, 9.17) is 0 Å². The lowest BCUT2D eigenvalue weighted by Gasteiger charge is -2.21. The van der Waals surface area contributed by atoms with Crippen LogP contribution in [0, 0.1) is 5.92 Å². The lowest BCUT2D eigenvalue weighted by molar-refractivity contribution is 0.366. The van der Waals surface area contributed by atoms with Crippen molar-refractivity contribution in [1.82, 2.24) is 24.9 Å². The van der Waals surface area contributed by atoms with Crippen molar-refractivity contribution in [3.63, 3.8) is 0 Å². The second kappa shape index (κ2) is 4.17. The van der Waals surface area contributed by atoms with Crippen LogP contribution in [0.2, 0.25) is 0 Å². The molecule has 0 aromatic carbocycles. The summed E-state index contributed by atoms with van der Waals surface area (Å²) in [4.78, 5) is 4.17. The number of aromatic nitrogens is 4. The van der Waals surface area contributed by atoms with E-state index < -0.39 is 0 Å². The molecule has 0 saturated carbocycles. The molecule has 1 fully saturated rings. The van der Waals surface area contributed by atoms with Crippen LogP contribution in [-0.2, 0) is 6.42 Å². The SMILES string of the molecule is c1cnc2nnc(CC3CCNCC3)n2c1. The highest BCUT2D eigenvalue weighted by Crippen LogP contribution is 2.16. The van der Waals surface area contributed by atoms with Crippen LogP contribution < -0.4 is 5.32 Å². The molecule has 2 aromatic rings. The molecule has 1 aliphatic rings. The third-order valence-electron chi connectivity index (χ3n) is 3.19. The van der Waals surface area contributed by atoms with E-state index in [0.29, 0.717) is 5.78 Å². The highest BCUT2D eigenvalue weighted by molar-refractivity contribution is 5.26. The molecule has 3 heterocycles. The lowest BCUT2D eigenvalue weighted by atomic mass is 9.94. The molecular weight excluding hydrogens is 202 g/mol. The van der Waals surface area contributed by atoms with Crippen molar-refractivity contribution < 1.29 is 0 Å². The fraction of sp³-hybridized carbons (Fsp3) is 0.545. The van der Waals surface area contributed by atoms with Crippen molar-refractivity contribution in [2.45, 2.75) is 19.3 Å². The average Bonchev–Trinajstić information content (AvgIpc) is 2.74. The molecule has 1 N–H and O–H groups in total. The quantitative estimate of drug-likeness (QED) is 0.803. The van der Waals surface area contributed by atoms with Crippen molar-refractivity contribution >= 4 is 5.78 Å². The summed E-state index contributed by atoms with van der Waals surface area (Å²) in [5.41, 5.74) is 0. The van der Waals surface area contributed by atoms with Gasteiger partial charge in [0.2, 0.25) is 0 Å². The predicted molar refractivity (Wildman–Crippen MR) is 60.1 cm³/mol. The second-order valence-corrected chi connectivity index (χ2v) is 4.30. The number of rotatable bonds is 2. The highest BCUT2D eigenvalue weighted by Gasteiger charge is 2.16. The maximum atomic E-state index is 4.22. The van der Waals surface area contributed by atoms with Gasteiger partial charge in [0.05, 0.1) is 0 Å². The summed E-state index contributed by atoms with van der Waals surface area (Å²) in [6.07, 6.45) is 7.20. The first-order valence-corrected chi connectivity index (χ1v) is 5.79. The van der Waals surface area contributed by atoms with Gasteiger partial charge in [0.15, 0.2) is 0 Å². The largest absolute Gasteiger partial charge is 0.317 e. The van der Waals surface area contributed by atoms with Gasteiger partial charge in [-0.2, -0.15) is 0 Å². The molecule has 2 aromatic heterocycles. The Morgan fingerprint density at radius 1 is 1.31 bits per heavy atom. The smallest absolute Gasteiger partial charge is 0.254 e. The van der Waals surface area contributed by atoms with Crippen molar-refractivity contribution in [3.8, 4) is 0 Å². The summed E-state index contributed by atoms with van der Waals surface area (Å²) in [6.45, 7) is 2.25. The summed E-state index contributed by atoms with van der Waals surface area (Å²) in [5.74, 6) is 2.47. The van der Waals surface area contributed by atoms with Crippen molar-refractivity contribution in [2.24, 2.45) is 5.92 Å². The van der Waals surface area contributed by atoms with Crippen LogP contribution in [0.1, 0.15) is 18.7 Å². The van der Waals surface area contributed by atoms with Crippen LogP contribution in [0.4, 0.5) is 0 Å². The van der Waals surface area contributed by atoms with E-state index in [1.807, 2.05) is 16.7 Å². The molecular formula is C11H15N5. The molecule has 5 nitrogen and oxygen atoms in total. The van der Waals surface area contributed by atoms with Gasteiger partial charge < -0.3 is 5.32 Å². The van der Waals surface area contributed by atoms with E-state index in [2.05, 4.69) is 20.5 Å². The number of hydrogen-bond donors (Lipinski definition) is 1. The first-order valence-electron chi connectivity index (χ1n) is 5.79. The first-order chi connectivity index (χ1) is 7.93. The van der Waals surface area contributed by atoms with Crippen LogP contribution >= 0.6 is 0 Å². The van der Waals surface area contributed by atoms with Gasteiger partial charge >= 0.3 is 0 Å². The Balaban J connectivity index is 1.83. The average molecular weight is 217 g/mol. The lowest BCUT2D eigenvalue weighted by Crippen LogP contribution is -2.29. The third kappa shape index (κ3) is 1.78. The van der Waals surface area contributed by atoms with Crippen molar-refractivity contribution in [2.75, 3.05) is 13.1 Å². The van der Waals surface area contributed by atoms with Gasteiger partial charge in [-0.05, 0) is 37.9 Å². The zero-order valence-corrected chi connectivity index (χ0v) is 9.13. The molecule has 0 aliphatic carbocycles. The summed E-state index contributed by atoms with van der Waals surface area (Å²) in [5, 5.41) is 11.7. The van der Waals surface area contributed by atoms with Gasteiger partial charge in [-0.1, -0.05) is 0 Å². The summed E-state index contributed by atoms with van der Waals surface area (Å²) < 4.78 is 1.99. The number of fused-ring (bicyclic) bond motifs is 1. The van der Waals surface area contributed by atoms with Crippen LogP contribution in [0.5, 0.6) is 0 Å². The van der Waals surface area contributed by atoms with Gasteiger partial charge in [0.25, 0.3) is 5.78 Å². The molecule has 0 unspecified atom stereocenters. The summed E-state index contributed by atoms with van der Waals surface area (Å²) in [6, 6.07) is 1.92. The van der Waals surface area contributed by atoms with Crippen molar-refractivity contribution in [3.05, 3.63) is 24.3 Å². The minimum Gasteiger partial charge on any atom is -0.317 e. The molecule has 5 heteroatoms. The van der Waals surface area contributed by atoms with E-state index in [1.54, 1.807) is 6.20 Å². The Kier molecular flexibility index (Phi) is 2.53. The summed E-state index contributed by atoms with van der Waals surface area (Å²) >= 11 is 0. The molecule has 0 bridgehead atoms. The number of piperidine rings is 1. The van der Waals surface area contributed by atoms with E-state index >= 15 is 0 Å². The van der Waals surface area contributed by atoms with Gasteiger partial charge in [-0.3, -0.25) is 4.40 Å². The molecule has 0 radical (unpaired) electrons. The molecule has 0 amide bonds. The fourth-order valence-corrected chi connectivity index (χ4v) is 2.27. The Bertz CT molecular complexity index is 472. The number of hydrogen-bond acceptors (Lipinski definition) is 4. The third-order valence-corrected chi connectivity index (χ3v) is 3.19. The van der Waals surface area contributed by atoms with Crippen molar-refractivity contribution in [1.29, 1.82) is 0 Å². The molecule has 0 spiro atoms. The first kappa shape index (κ1) is 9.72. The Morgan fingerprint density at radius 3 is 3.06 bits per heavy atom. The zero-order chi connectivity index (χ0) is 10.8. The fourth-order valence-electron chi connectivity index (χ4n) is 2.27. The summed E-state index contributed by atoms with van der Waals surface area (Å²) in [7, 11) is 0. The molecule has 16 heavy (non-hydrogen) atoms. The molecule has 3 rings (SSSR count).